The Morgan fingerprint density at radius 2 is 2.80 bits per heavy atom. The molecule has 0 aromatic rings. The van der Waals surface area contributed by atoms with Crippen molar-refractivity contribution in [1.29, 1.82) is 0 Å². The molecule has 0 nitrogen and oxygen atoms in total. The number of hydrogen-bond acceptors (Lipinski definition) is 0. The first-order valence-electron chi connectivity index (χ1n) is 2.53. The summed E-state index contributed by atoms with van der Waals surface area (Å²) in [5.41, 5.74) is 0. The van der Waals surface area contributed by atoms with Crippen molar-refractivity contribution in [1.82, 2.24) is 0 Å². The Bertz CT molecular complexity index is 88.3. The van der Waals surface area contributed by atoms with E-state index in [0.29, 0.717) is 0 Å². The molecule has 0 aliphatic heterocycles. The van der Waals surface area contributed by atoms with Gasteiger partial charge in [0.15, 0.2) is 0 Å². The lowest BCUT2D eigenvalue weighted by Crippen LogP contribution is -1.33. The summed E-state index contributed by atoms with van der Waals surface area (Å²) in [6.45, 7) is 1.69. The highest BCUT2D eigenvalue weighted by atomic mass is 13.5. The quantitative estimate of drug-likeness (QED) is 0.412. The molecule has 28 valence electrons. The van der Waals surface area contributed by atoms with E-state index in [0.717, 1.165) is 0 Å². The van der Waals surface area contributed by atoms with Crippen LogP contribution in [0.15, 0.2) is 24.8 Å². The average molecular weight is 70.1 g/mol. The second-order valence-corrected chi connectivity index (χ2v) is 0.692. The van der Waals surface area contributed by atoms with E-state index in [-0.39, 0.29) is 6.53 Å². The first-order chi connectivity index (χ1) is 3.27. The lowest BCUT2D eigenvalue weighted by Gasteiger charge is -1.56. The van der Waals surface area contributed by atoms with Gasteiger partial charge in [-0.05, 0) is 6.92 Å². The van der Waals surface area contributed by atoms with E-state index in [9.17, 15) is 0 Å². The molecule has 5 heavy (non-hydrogen) atoms. The smallest absolute Gasteiger partial charge is 0.0538 e. The Hall–Kier alpha value is -0.520. The molecule has 0 spiro atoms. The van der Waals surface area contributed by atoms with Gasteiger partial charge in [0.25, 0.3) is 0 Å². The van der Waals surface area contributed by atoms with Gasteiger partial charge in [-0.25, -0.2) is 0 Å². The fourth-order valence-corrected chi connectivity index (χ4v) is 0.0962. The van der Waals surface area contributed by atoms with E-state index in [1.807, 2.05) is 6.92 Å². The van der Waals surface area contributed by atoms with Crippen LogP contribution in [0, 0.1) is 0 Å². The summed E-state index contributed by atoms with van der Waals surface area (Å²) in [6.07, 6.45) is 4.86. The van der Waals surface area contributed by atoms with Crippen LogP contribution in [-0.4, -0.2) is 0 Å². The molecular weight excluding hydrogens is 60.1 g/mol. The van der Waals surface area contributed by atoms with Crippen LogP contribution in [0.5, 0.6) is 0 Å². The summed E-state index contributed by atoms with van der Waals surface area (Å²) in [5.74, 6) is 0. The Balaban J connectivity index is 3.46. The standard InChI is InChI=1S/C5H8/c1-3-5-4-2/h3-5H,1H2,2H3/b5-4+/i1D2. The Kier molecular flexibility index (Phi) is 1.26. The first-order valence-corrected chi connectivity index (χ1v) is 1.53. The number of hydrogen-bond donors (Lipinski definition) is 0. The summed E-state index contributed by atoms with van der Waals surface area (Å²) in [4.78, 5) is 0. The zero-order valence-corrected chi connectivity index (χ0v) is 3.23. The summed E-state index contributed by atoms with van der Waals surface area (Å²) >= 11 is 0. The summed E-state index contributed by atoms with van der Waals surface area (Å²) in [7, 11) is 0. The number of rotatable bonds is 1. The molecule has 0 atom stereocenters. The Labute approximate surface area is 35.6 Å². The van der Waals surface area contributed by atoms with Crippen LogP contribution >= 0.6 is 0 Å². The maximum atomic E-state index is 6.56. The van der Waals surface area contributed by atoms with Gasteiger partial charge in [-0.3, -0.25) is 0 Å². The molecule has 0 saturated heterocycles. The maximum Gasteiger partial charge on any atom is 0.0538 e. The van der Waals surface area contributed by atoms with Crippen LogP contribution < -0.4 is 0 Å². The predicted molar refractivity (Wildman–Crippen MR) is 25.0 cm³/mol. The predicted octanol–water partition coefficient (Wildman–Crippen LogP) is 1.75. The van der Waals surface area contributed by atoms with Crippen LogP contribution in [0.25, 0.3) is 0 Å². The molecule has 0 heterocycles. The fourth-order valence-electron chi connectivity index (χ4n) is 0.0962. The summed E-state index contributed by atoms with van der Waals surface area (Å²) < 4.78 is 13.1. The van der Waals surface area contributed by atoms with Crippen molar-refractivity contribution in [3.05, 3.63) is 24.8 Å². The molecule has 0 N–H and O–H groups in total. The highest BCUT2D eigenvalue weighted by Gasteiger charge is 1.42. The van der Waals surface area contributed by atoms with E-state index in [1.54, 1.807) is 12.2 Å². The minimum Gasteiger partial charge on any atom is -0.0991 e. The number of allylic oxidation sites excluding steroid dienone is 3. The van der Waals surface area contributed by atoms with Crippen molar-refractivity contribution in [3.63, 3.8) is 0 Å². The van der Waals surface area contributed by atoms with Crippen LogP contribution in [0.1, 0.15) is 9.67 Å². The van der Waals surface area contributed by atoms with E-state index in [2.05, 4.69) is 0 Å². The van der Waals surface area contributed by atoms with Gasteiger partial charge in [-0.1, -0.05) is 24.8 Å². The van der Waals surface area contributed by atoms with Gasteiger partial charge in [0.2, 0.25) is 0 Å². The van der Waals surface area contributed by atoms with Gasteiger partial charge < -0.3 is 0 Å². The molecule has 0 fully saturated rings. The largest absolute Gasteiger partial charge is 0.0991 e. The molecule has 0 bridgehead atoms. The molecule has 0 saturated carbocycles. The minimum atomic E-state index is -0.155. The van der Waals surface area contributed by atoms with Gasteiger partial charge in [-0.2, -0.15) is 0 Å². The topological polar surface area (TPSA) is 0 Å². The molecule has 0 unspecified atom stereocenters. The zero-order chi connectivity index (χ0) is 5.70. The zero-order valence-electron chi connectivity index (χ0n) is 5.23. The van der Waals surface area contributed by atoms with Gasteiger partial charge in [0, 0.05) is 0 Å². The Morgan fingerprint density at radius 3 is 3.00 bits per heavy atom. The third-order valence-corrected chi connectivity index (χ3v) is 0.289. The lowest BCUT2D eigenvalue weighted by molar-refractivity contribution is 1.74. The second-order valence-electron chi connectivity index (χ2n) is 0.692. The summed E-state index contributed by atoms with van der Waals surface area (Å²) in [6, 6.07) is 0. The van der Waals surface area contributed by atoms with Crippen LogP contribution in [0.3, 0.4) is 0 Å². The first kappa shape index (κ1) is 1.81. The van der Waals surface area contributed by atoms with Gasteiger partial charge in [0.05, 0.1) is 2.74 Å². The van der Waals surface area contributed by atoms with Crippen LogP contribution in [-0.2, 0) is 0 Å². The normalized spacial score (nSPS) is 13.8. The maximum absolute atomic E-state index is 6.56. The molecule has 0 amide bonds. The lowest BCUT2D eigenvalue weighted by atomic mass is 10.5. The molecule has 0 aromatic carbocycles. The van der Waals surface area contributed by atoms with E-state index >= 15 is 0 Å². The summed E-state index contributed by atoms with van der Waals surface area (Å²) in [5, 5.41) is 0. The van der Waals surface area contributed by atoms with Crippen molar-refractivity contribution in [2.24, 2.45) is 0 Å². The Morgan fingerprint density at radius 1 is 2.00 bits per heavy atom. The van der Waals surface area contributed by atoms with Crippen molar-refractivity contribution in [2.45, 2.75) is 6.92 Å². The highest BCUT2D eigenvalue weighted by molar-refractivity contribution is 4.94. The van der Waals surface area contributed by atoms with Crippen molar-refractivity contribution >= 4 is 0 Å². The van der Waals surface area contributed by atoms with Gasteiger partial charge in [-0.15, -0.1) is 0 Å². The molecular formula is C5H8. The van der Waals surface area contributed by atoms with Crippen LogP contribution in [0.4, 0.5) is 0 Å². The molecule has 0 aromatic heterocycles. The monoisotopic (exact) mass is 70.1 g/mol. The third kappa shape index (κ3) is 3.48. The van der Waals surface area contributed by atoms with Crippen molar-refractivity contribution in [3.8, 4) is 0 Å². The van der Waals surface area contributed by atoms with E-state index in [1.165, 1.54) is 6.08 Å². The van der Waals surface area contributed by atoms with Crippen molar-refractivity contribution < 1.29 is 2.74 Å². The molecule has 0 aliphatic carbocycles. The molecule has 0 aliphatic rings. The molecule has 0 rings (SSSR count). The second kappa shape index (κ2) is 3.48. The molecule has 0 heteroatoms. The van der Waals surface area contributed by atoms with Crippen LogP contribution in [0.2, 0.25) is 0 Å². The van der Waals surface area contributed by atoms with E-state index in [4.69, 9.17) is 2.74 Å². The third-order valence-electron chi connectivity index (χ3n) is 0.289. The minimum absolute atomic E-state index is 0.155. The van der Waals surface area contributed by atoms with Crippen molar-refractivity contribution in [2.75, 3.05) is 0 Å². The average Bonchev–Trinajstić information content (AvgIpc) is 1.61. The van der Waals surface area contributed by atoms with Gasteiger partial charge in [0.1, 0.15) is 0 Å². The molecule has 0 radical (unpaired) electrons. The van der Waals surface area contributed by atoms with Gasteiger partial charge >= 0.3 is 0 Å². The van der Waals surface area contributed by atoms with E-state index < -0.39 is 0 Å². The SMILES string of the molecule is [2H]C([2H])=C/C=C/C. The highest BCUT2D eigenvalue weighted by Crippen LogP contribution is 1.64. The fraction of sp³-hybridized carbons (Fsp3) is 0.200.